The molecule has 8 aromatic carbocycles. The van der Waals surface area contributed by atoms with E-state index >= 15 is 0 Å². The largest absolute Gasteiger partial charge is 0.307 e. The molecular formula is C53H34N4. The summed E-state index contributed by atoms with van der Waals surface area (Å²) in [5.74, 6) is 0. The second kappa shape index (κ2) is 12.4. The molecular weight excluding hydrogens is 693 g/mol. The molecule has 0 atom stereocenters. The molecule has 0 bridgehead atoms. The van der Waals surface area contributed by atoms with E-state index in [0.717, 1.165) is 50.6 Å². The van der Waals surface area contributed by atoms with Crippen LogP contribution < -0.4 is 0 Å². The maximum Gasteiger partial charge on any atom is 0.0789 e. The van der Waals surface area contributed by atoms with Crippen molar-refractivity contribution in [1.29, 1.82) is 0 Å². The van der Waals surface area contributed by atoms with E-state index in [9.17, 15) is 0 Å². The third-order valence-corrected chi connectivity index (χ3v) is 11.6. The number of hydrogen-bond donors (Lipinski definition) is 0. The van der Waals surface area contributed by atoms with Crippen LogP contribution >= 0.6 is 0 Å². The molecule has 12 rings (SSSR count). The van der Waals surface area contributed by atoms with E-state index in [4.69, 9.17) is 4.98 Å². The SMILES string of the molecule is c1ccc(-c2cc(-n3c4ccccc4c4ccc5c6ccccc6n(-c6cccc7c8ccccc8n(-c8ccccc8)c67)c5c43)cc(-c3ccccc3)n2)cc1. The summed E-state index contributed by atoms with van der Waals surface area (Å²) in [5.41, 5.74) is 14.4. The molecule has 0 aliphatic rings. The van der Waals surface area contributed by atoms with E-state index in [0.29, 0.717) is 0 Å². The van der Waals surface area contributed by atoms with E-state index in [1.165, 1.54) is 54.4 Å². The average Bonchev–Trinajstić information content (AvgIpc) is 3.93. The predicted octanol–water partition coefficient (Wildman–Crippen LogP) is 13.7. The number of nitrogens with zero attached hydrogens (tertiary/aromatic N) is 4. The molecule has 0 aliphatic heterocycles. The van der Waals surface area contributed by atoms with Crippen LogP contribution in [0.25, 0.3) is 105 Å². The molecule has 0 saturated carbocycles. The van der Waals surface area contributed by atoms with Gasteiger partial charge in [-0.15, -0.1) is 0 Å². The maximum absolute atomic E-state index is 5.28. The molecule has 57 heavy (non-hydrogen) atoms. The van der Waals surface area contributed by atoms with Crippen LogP contribution in [0.15, 0.2) is 206 Å². The van der Waals surface area contributed by atoms with Crippen molar-refractivity contribution in [3.05, 3.63) is 206 Å². The number of aromatic nitrogens is 4. The minimum Gasteiger partial charge on any atom is -0.307 e. The molecule has 0 fully saturated rings. The van der Waals surface area contributed by atoms with Crippen molar-refractivity contribution >= 4 is 65.4 Å². The van der Waals surface area contributed by atoms with Gasteiger partial charge in [0.2, 0.25) is 0 Å². The predicted molar refractivity (Wildman–Crippen MR) is 238 cm³/mol. The summed E-state index contributed by atoms with van der Waals surface area (Å²) >= 11 is 0. The summed E-state index contributed by atoms with van der Waals surface area (Å²) in [7, 11) is 0. The van der Waals surface area contributed by atoms with Gasteiger partial charge < -0.3 is 13.7 Å². The summed E-state index contributed by atoms with van der Waals surface area (Å²) in [6.07, 6.45) is 0. The minimum absolute atomic E-state index is 0.933. The Morgan fingerprint density at radius 1 is 0.281 bits per heavy atom. The van der Waals surface area contributed by atoms with E-state index in [-0.39, 0.29) is 0 Å². The standard InChI is InChI=1S/C53H34N4/c1-4-17-35(18-5-1)45-33-38(34-46(54-45)36-19-6-2-7-20-36)56-48-28-14-11-24-40(48)43-31-32-44-41-25-12-15-29-49(41)57(53(44)52(43)56)50-30-16-26-42-39-23-10-13-27-47(39)55(51(42)50)37-21-8-3-9-22-37/h1-34H. The lowest BCUT2D eigenvalue weighted by Crippen LogP contribution is -2.03. The van der Waals surface area contributed by atoms with Crippen LogP contribution in [-0.4, -0.2) is 18.7 Å². The van der Waals surface area contributed by atoms with Crippen LogP contribution in [0.2, 0.25) is 0 Å². The van der Waals surface area contributed by atoms with Crippen LogP contribution in [0.4, 0.5) is 0 Å². The van der Waals surface area contributed by atoms with Crippen LogP contribution in [-0.2, 0) is 0 Å². The van der Waals surface area contributed by atoms with E-state index in [1.54, 1.807) is 0 Å². The summed E-state index contributed by atoms with van der Waals surface area (Å²) in [6.45, 7) is 0. The molecule has 0 unspecified atom stereocenters. The molecule has 0 saturated heterocycles. The van der Waals surface area contributed by atoms with Gasteiger partial charge in [0.25, 0.3) is 0 Å². The first kappa shape index (κ1) is 31.6. The number of rotatable bonds is 5. The Balaban J connectivity index is 1.27. The molecule has 0 radical (unpaired) electrons. The van der Waals surface area contributed by atoms with Crippen LogP contribution in [0.1, 0.15) is 0 Å². The second-order valence-electron chi connectivity index (χ2n) is 14.8. The quantitative estimate of drug-likeness (QED) is 0.174. The van der Waals surface area contributed by atoms with Crippen molar-refractivity contribution in [3.8, 4) is 39.6 Å². The highest BCUT2D eigenvalue weighted by Crippen LogP contribution is 2.44. The fourth-order valence-corrected chi connectivity index (χ4v) is 9.20. The van der Waals surface area contributed by atoms with Gasteiger partial charge in [0.1, 0.15) is 0 Å². The van der Waals surface area contributed by atoms with Gasteiger partial charge in [-0.2, -0.15) is 0 Å². The Morgan fingerprint density at radius 2 is 0.684 bits per heavy atom. The minimum atomic E-state index is 0.933. The lowest BCUT2D eigenvalue weighted by Gasteiger charge is -2.16. The number of hydrogen-bond acceptors (Lipinski definition) is 1. The van der Waals surface area contributed by atoms with Gasteiger partial charge in [-0.25, -0.2) is 4.98 Å². The van der Waals surface area contributed by atoms with Gasteiger partial charge in [0.05, 0.1) is 55.9 Å². The summed E-state index contributed by atoms with van der Waals surface area (Å²) < 4.78 is 7.45. The Labute approximate surface area is 328 Å². The Morgan fingerprint density at radius 3 is 1.23 bits per heavy atom. The van der Waals surface area contributed by atoms with Crippen molar-refractivity contribution in [2.45, 2.75) is 0 Å². The van der Waals surface area contributed by atoms with Crippen molar-refractivity contribution < 1.29 is 0 Å². The Kier molecular flexibility index (Phi) is 6.89. The summed E-state index contributed by atoms with van der Waals surface area (Å²) in [4.78, 5) is 5.28. The lowest BCUT2D eigenvalue weighted by atomic mass is 10.1. The highest BCUT2D eigenvalue weighted by Gasteiger charge is 2.24. The molecule has 0 spiro atoms. The van der Waals surface area contributed by atoms with Gasteiger partial charge in [0, 0.05) is 49.1 Å². The molecule has 0 N–H and O–H groups in total. The summed E-state index contributed by atoms with van der Waals surface area (Å²) in [6, 6.07) is 74.3. The van der Waals surface area contributed by atoms with Crippen molar-refractivity contribution in [2.24, 2.45) is 0 Å². The first-order valence-electron chi connectivity index (χ1n) is 19.5. The van der Waals surface area contributed by atoms with Gasteiger partial charge in [-0.3, -0.25) is 0 Å². The van der Waals surface area contributed by atoms with Gasteiger partial charge in [0.15, 0.2) is 0 Å². The zero-order valence-electron chi connectivity index (χ0n) is 30.9. The molecule has 4 aromatic heterocycles. The van der Waals surface area contributed by atoms with Gasteiger partial charge in [-0.1, -0.05) is 158 Å². The highest BCUT2D eigenvalue weighted by atomic mass is 15.1. The summed E-state index contributed by atoms with van der Waals surface area (Å²) in [5, 5.41) is 7.30. The number of para-hydroxylation sites is 5. The number of benzene rings is 8. The monoisotopic (exact) mass is 726 g/mol. The second-order valence-corrected chi connectivity index (χ2v) is 14.8. The van der Waals surface area contributed by atoms with Crippen molar-refractivity contribution in [2.75, 3.05) is 0 Å². The number of pyridine rings is 1. The van der Waals surface area contributed by atoms with Gasteiger partial charge >= 0.3 is 0 Å². The fourth-order valence-electron chi connectivity index (χ4n) is 9.20. The van der Waals surface area contributed by atoms with Gasteiger partial charge in [-0.05, 0) is 48.5 Å². The number of fused-ring (bicyclic) bond motifs is 10. The average molecular weight is 727 g/mol. The van der Waals surface area contributed by atoms with Crippen LogP contribution in [0.3, 0.4) is 0 Å². The molecule has 4 heterocycles. The smallest absolute Gasteiger partial charge is 0.0789 e. The molecule has 12 aromatic rings. The molecule has 4 heteroatoms. The molecule has 0 amide bonds. The van der Waals surface area contributed by atoms with E-state index in [1.807, 2.05) is 0 Å². The maximum atomic E-state index is 5.28. The first-order valence-corrected chi connectivity index (χ1v) is 19.5. The molecule has 266 valence electrons. The highest BCUT2D eigenvalue weighted by molar-refractivity contribution is 6.24. The molecule has 4 nitrogen and oxygen atoms in total. The zero-order chi connectivity index (χ0) is 37.5. The first-order chi connectivity index (χ1) is 28.3. The third-order valence-electron chi connectivity index (χ3n) is 11.6. The topological polar surface area (TPSA) is 27.7 Å². The Bertz CT molecular complexity index is 3440. The van der Waals surface area contributed by atoms with Crippen LogP contribution in [0.5, 0.6) is 0 Å². The fraction of sp³-hybridized carbons (Fsp3) is 0. The van der Waals surface area contributed by atoms with Crippen molar-refractivity contribution in [1.82, 2.24) is 18.7 Å². The molecule has 0 aliphatic carbocycles. The van der Waals surface area contributed by atoms with E-state index < -0.39 is 0 Å². The lowest BCUT2D eigenvalue weighted by molar-refractivity contribution is 1.12. The normalized spacial score (nSPS) is 11.9. The van der Waals surface area contributed by atoms with E-state index in [2.05, 4.69) is 220 Å². The Hall–Kier alpha value is -7.69. The third kappa shape index (κ3) is 4.71. The zero-order valence-corrected chi connectivity index (χ0v) is 30.9. The van der Waals surface area contributed by atoms with Crippen molar-refractivity contribution in [3.63, 3.8) is 0 Å². The van der Waals surface area contributed by atoms with Crippen LogP contribution in [0, 0.1) is 0 Å².